The second-order valence-corrected chi connectivity index (χ2v) is 8.98. The molecule has 3 rings (SSSR count). The predicted octanol–water partition coefficient (Wildman–Crippen LogP) is 6.29. The van der Waals surface area contributed by atoms with Gasteiger partial charge in [-0.3, -0.25) is 10.1 Å². The van der Waals surface area contributed by atoms with Crippen LogP contribution in [0.15, 0.2) is 46.9 Å². The highest BCUT2D eigenvalue weighted by Crippen LogP contribution is 2.25. The Morgan fingerprint density at radius 2 is 1.96 bits per heavy atom. The summed E-state index contributed by atoms with van der Waals surface area (Å²) in [5.41, 5.74) is 1.65. The van der Waals surface area contributed by atoms with Crippen LogP contribution in [-0.2, 0) is 11.5 Å². The van der Waals surface area contributed by atoms with Crippen LogP contribution in [0.4, 0.5) is 5.13 Å². The first-order valence-electron chi connectivity index (χ1n) is 7.42. The predicted molar refractivity (Wildman–Crippen MR) is 113 cm³/mol. The van der Waals surface area contributed by atoms with Crippen LogP contribution in [0.25, 0.3) is 0 Å². The van der Waals surface area contributed by atoms with E-state index in [0.717, 1.165) is 21.0 Å². The molecule has 0 atom stereocenters. The van der Waals surface area contributed by atoms with Gasteiger partial charge >= 0.3 is 0 Å². The molecule has 0 saturated carbocycles. The fourth-order valence-electron chi connectivity index (χ4n) is 2.05. The molecule has 0 spiro atoms. The summed E-state index contributed by atoms with van der Waals surface area (Å²) in [6.07, 6.45) is 0. The minimum absolute atomic E-state index is 0.298. The van der Waals surface area contributed by atoms with Gasteiger partial charge in [-0.1, -0.05) is 62.6 Å². The quantitative estimate of drug-likeness (QED) is 0.442. The Morgan fingerprint density at radius 3 is 2.73 bits per heavy atom. The Morgan fingerprint density at radius 1 is 1.12 bits per heavy atom. The van der Waals surface area contributed by atoms with Crippen LogP contribution in [0.2, 0.25) is 10.0 Å². The number of carbonyl (C=O) groups is 1. The Labute approximate surface area is 177 Å². The highest BCUT2D eigenvalue weighted by Gasteiger charge is 2.12. The molecule has 0 aliphatic rings. The van der Waals surface area contributed by atoms with E-state index in [4.69, 9.17) is 23.2 Å². The van der Waals surface area contributed by atoms with Crippen LogP contribution in [0, 0.1) is 0 Å². The van der Waals surface area contributed by atoms with Gasteiger partial charge in [0.2, 0.25) is 5.13 Å². The second-order valence-electron chi connectivity index (χ2n) is 5.21. The Bertz CT molecular complexity index is 936. The first-order chi connectivity index (χ1) is 12.5. The third-order valence-electron chi connectivity index (χ3n) is 3.25. The summed E-state index contributed by atoms with van der Waals surface area (Å²) in [5, 5.41) is 12.9. The van der Waals surface area contributed by atoms with Crippen molar-refractivity contribution in [2.24, 2.45) is 0 Å². The molecule has 134 valence electrons. The first kappa shape index (κ1) is 19.6. The Kier molecular flexibility index (Phi) is 6.94. The zero-order valence-corrected chi connectivity index (χ0v) is 17.9. The molecule has 0 unspecified atom stereocenters. The number of rotatable bonds is 6. The van der Waals surface area contributed by atoms with E-state index in [2.05, 4.69) is 43.6 Å². The van der Waals surface area contributed by atoms with E-state index in [1.807, 2.05) is 12.1 Å². The SMILES string of the molecule is O=C(Nc1nnc(CSCc2cccc(Br)c2)s1)c1ccc(Cl)c(Cl)c1. The summed E-state index contributed by atoms with van der Waals surface area (Å²) in [6, 6.07) is 12.9. The summed E-state index contributed by atoms with van der Waals surface area (Å²) in [5.74, 6) is 1.31. The number of anilines is 1. The van der Waals surface area contributed by atoms with Gasteiger partial charge in [0.05, 0.1) is 10.0 Å². The van der Waals surface area contributed by atoms with E-state index in [1.165, 1.54) is 23.0 Å². The van der Waals surface area contributed by atoms with Crippen molar-refractivity contribution in [3.63, 3.8) is 0 Å². The van der Waals surface area contributed by atoms with E-state index in [9.17, 15) is 4.79 Å². The van der Waals surface area contributed by atoms with Crippen LogP contribution in [0.5, 0.6) is 0 Å². The van der Waals surface area contributed by atoms with E-state index >= 15 is 0 Å². The van der Waals surface area contributed by atoms with Crippen molar-refractivity contribution in [3.8, 4) is 0 Å². The molecular weight excluding hydrogens is 477 g/mol. The van der Waals surface area contributed by atoms with Gasteiger partial charge in [-0.05, 0) is 35.9 Å². The number of hydrogen-bond acceptors (Lipinski definition) is 5. The molecule has 1 aromatic heterocycles. The van der Waals surface area contributed by atoms with Crippen molar-refractivity contribution >= 4 is 73.3 Å². The van der Waals surface area contributed by atoms with Crippen LogP contribution < -0.4 is 5.32 Å². The Hall–Kier alpha value is -1.12. The number of carbonyl (C=O) groups excluding carboxylic acids is 1. The number of amides is 1. The fraction of sp³-hybridized carbons (Fsp3) is 0.118. The lowest BCUT2D eigenvalue weighted by molar-refractivity contribution is 0.102. The second kappa shape index (κ2) is 9.19. The number of benzene rings is 2. The van der Waals surface area contributed by atoms with Gasteiger partial charge in [0.25, 0.3) is 5.91 Å². The minimum Gasteiger partial charge on any atom is -0.296 e. The van der Waals surface area contributed by atoms with Crippen LogP contribution in [-0.4, -0.2) is 16.1 Å². The van der Waals surface area contributed by atoms with E-state index in [0.29, 0.717) is 20.7 Å². The van der Waals surface area contributed by atoms with Gasteiger partial charge in [-0.2, -0.15) is 0 Å². The highest BCUT2D eigenvalue weighted by molar-refractivity contribution is 9.10. The van der Waals surface area contributed by atoms with Crippen molar-refractivity contribution < 1.29 is 4.79 Å². The van der Waals surface area contributed by atoms with Gasteiger partial charge in [0.1, 0.15) is 5.01 Å². The maximum absolute atomic E-state index is 12.2. The van der Waals surface area contributed by atoms with Gasteiger partial charge in [0, 0.05) is 21.5 Å². The topological polar surface area (TPSA) is 54.9 Å². The van der Waals surface area contributed by atoms with E-state index < -0.39 is 0 Å². The molecule has 0 aliphatic heterocycles. The third-order valence-corrected chi connectivity index (χ3v) is 6.52. The summed E-state index contributed by atoms with van der Waals surface area (Å²) in [6.45, 7) is 0. The monoisotopic (exact) mass is 487 g/mol. The molecule has 0 radical (unpaired) electrons. The summed E-state index contributed by atoms with van der Waals surface area (Å²) >= 11 is 18.4. The first-order valence-corrected chi connectivity index (χ1v) is 10.9. The van der Waals surface area contributed by atoms with Gasteiger partial charge in [-0.15, -0.1) is 22.0 Å². The molecule has 2 aromatic carbocycles. The molecule has 3 aromatic rings. The van der Waals surface area contributed by atoms with Gasteiger partial charge in [0.15, 0.2) is 0 Å². The molecule has 26 heavy (non-hydrogen) atoms. The number of thioether (sulfide) groups is 1. The lowest BCUT2D eigenvalue weighted by Gasteiger charge is -2.02. The largest absolute Gasteiger partial charge is 0.296 e. The smallest absolute Gasteiger partial charge is 0.257 e. The van der Waals surface area contributed by atoms with Crippen molar-refractivity contribution in [2.75, 3.05) is 5.32 Å². The molecule has 1 heterocycles. The molecule has 4 nitrogen and oxygen atoms in total. The van der Waals surface area contributed by atoms with Crippen LogP contribution in [0.1, 0.15) is 20.9 Å². The van der Waals surface area contributed by atoms with Gasteiger partial charge in [-0.25, -0.2) is 0 Å². The summed E-state index contributed by atoms with van der Waals surface area (Å²) in [7, 11) is 0. The average Bonchev–Trinajstić information content (AvgIpc) is 3.04. The molecule has 0 bridgehead atoms. The zero-order chi connectivity index (χ0) is 18.5. The summed E-state index contributed by atoms with van der Waals surface area (Å²) < 4.78 is 1.07. The lowest BCUT2D eigenvalue weighted by atomic mass is 10.2. The Balaban J connectivity index is 1.54. The van der Waals surface area contributed by atoms with Crippen molar-refractivity contribution in [1.82, 2.24) is 10.2 Å². The molecule has 1 amide bonds. The number of aromatic nitrogens is 2. The molecule has 0 saturated heterocycles. The lowest BCUT2D eigenvalue weighted by Crippen LogP contribution is -2.11. The molecule has 9 heteroatoms. The maximum Gasteiger partial charge on any atom is 0.257 e. The number of halogens is 3. The molecular formula is C17H12BrCl2N3OS2. The number of nitrogens with zero attached hydrogens (tertiary/aromatic N) is 2. The number of hydrogen-bond donors (Lipinski definition) is 1. The van der Waals surface area contributed by atoms with Crippen molar-refractivity contribution in [2.45, 2.75) is 11.5 Å². The molecule has 1 N–H and O–H groups in total. The van der Waals surface area contributed by atoms with Crippen molar-refractivity contribution in [3.05, 3.63) is 73.1 Å². The molecule has 0 aliphatic carbocycles. The third kappa shape index (κ3) is 5.44. The van der Waals surface area contributed by atoms with Crippen LogP contribution >= 0.6 is 62.2 Å². The normalized spacial score (nSPS) is 10.7. The zero-order valence-electron chi connectivity index (χ0n) is 13.2. The van der Waals surface area contributed by atoms with E-state index in [-0.39, 0.29) is 5.91 Å². The van der Waals surface area contributed by atoms with Crippen LogP contribution in [0.3, 0.4) is 0 Å². The fourth-order valence-corrected chi connectivity index (χ4v) is 4.56. The van der Waals surface area contributed by atoms with Crippen molar-refractivity contribution in [1.29, 1.82) is 0 Å². The minimum atomic E-state index is -0.298. The van der Waals surface area contributed by atoms with Gasteiger partial charge < -0.3 is 0 Å². The standard InChI is InChI=1S/C17H12BrCl2N3OS2/c18-12-3-1-2-10(6-12)8-25-9-15-22-23-17(26-15)21-16(24)11-4-5-13(19)14(20)7-11/h1-7H,8-9H2,(H,21,23,24). The average molecular weight is 489 g/mol. The number of nitrogens with one attached hydrogen (secondary N) is 1. The summed E-state index contributed by atoms with van der Waals surface area (Å²) in [4.78, 5) is 12.2. The highest BCUT2D eigenvalue weighted by atomic mass is 79.9. The maximum atomic E-state index is 12.2. The van der Waals surface area contributed by atoms with E-state index in [1.54, 1.807) is 23.9 Å². The molecule has 0 fully saturated rings.